The minimum Gasteiger partial charge on any atom is -0.487 e. The van der Waals surface area contributed by atoms with Gasteiger partial charge in [-0.2, -0.15) is 8.78 Å². The van der Waals surface area contributed by atoms with Gasteiger partial charge in [0.05, 0.1) is 10.7 Å². The van der Waals surface area contributed by atoms with Crippen molar-refractivity contribution >= 4 is 23.3 Å². The van der Waals surface area contributed by atoms with Gasteiger partial charge >= 0.3 is 6.61 Å². The molecule has 1 N–H and O–H groups in total. The van der Waals surface area contributed by atoms with Crippen LogP contribution >= 0.6 is 11.3 Å². The summed E-state index contributed by atoms with van der Waals surface area (Å²) in [5, 5.41) is 5.68. The van der Waals surface area contributed by atoms with E-state index in [1.165, 1.54) is 18.2 Å². The summed E-state index contributed by atoms with van der Waals surface area (Å²) in [6.45, 7) is -0.306. The van der Waals surface area contributed by atoms with E-state index in [2.05, 4.69) is 15.0 Å². The summed E-state index contributed by atoms with van der Waals surface area (Å²) >= 11 is 1.57. The van der Waals surface area contributed by atoms with Crippen LogP contribution in [0.15, 0.2) is 60.0 Å². The summed E-state index contributed by atoms with van der Waals surface area (Å²) in [7, 11) is 0. The normalized spacial score (nSPS) is 11.1. The Morgan fingerprint density at radius 2 is 1.97 bits per heavy atom. The van der Waals surface area contributed by atoms with Crippen LogP contribution in [0.1, 0.15) is 21.8 Å². The molecule has 0 unspecified atom stereocenters. The number of amides is 1. The number of hydrogen-bond acceptors (Lipinski definition) is 5. The number of nitrogens with one attached hydrogen (secondary N) is 1. The van der Waals surface area contributed by atoms with Gasteiger partial charge in [-0.1, -0.05) is 30.3 Å². The lowest BCUT2D eigenvalue weighted by molar-refractivity contribution is -0.116. The number of hydrogen-bond donors (Lipinski definition) is 1. The Balaban J connectivity index is 1.53. The first-order valence-electron chi connectivity index (χ1n) is 9.12. The van der Waals surface area contributed by atoms with E-state index in [-0.39, 0.29) is 18.2 Å². The van der Waals surface area contributed by atoms with Crippen molar-refractivity contribution in [1.29, 1.82) is 0 Å². The topological polar surface area (TPSA) is 60.5 Å². The standard InChI is InChI=1S/C22H20F2N2O3S/c1-15-26-18(14-30-15)13-28-20-5-3-2-4-17(20)8-11-21(27)25-12-16-6-9-19(10-7-16)29-22(23)24/h2-11,14,22H,12-13H2,1H3,(H,25,27)/b11-8+. The van der Waals surface area contributed by atoms with Gasteiger partial charge in [0.2, 0.25) is 5.91 Å². The molecule has 0 aliphatic carbocycles. The SMILES string of the molecule is Cc1nc(COc2ccccc2/C=C/C(=O)NCc2ccc(OC(F)F)cc2)cs1. The molecule has 1 amide bonds. The first-order chi connectivity index (χ1) is 14.5. The van der Waals surface area contributed by atoms with E-state index in [1.54, 1.807) is 29.5 Å². The van der Waals surface area contributed by atoms with Crippen LogP contribution in [-0.2, 0) is 17.9 Å². The third kappa shape index (κ3) is 6.66. The highest BCUT2D eigenvalue weighted by Crippen LogP contribution is 2.21. The molecule has 3 aromatic rings. The Morgan fingerprint density at radius 3 is 2.67 bits per heavy atom. The zero-order valence-corrected chi connectivity index (χ0v) is 17.0. The molecule has 8 heteroatoms. The summed E-state index contributed by atoms with van der Waals surface area (Å²) in [5.74, 6) is 0.444. The van der Waals surface area contributed by atoms with Crippen LogP contribution in [0.4, 0.5) is 8.78 Å². The lowest BCUT2D eigenvalue weighted by Gasteiger charge is -2.08. The number of ether oxygens (including phenoxy) is 2. The van der Waals surface area contributed by atoms with E-state index < -0.39 is 6.61 Å². The van der Waals surface area contributed by atoms with Gasteiger partial charge in [-0.3, -0.25) is 4.79 Å². The van der Waals surface area contributed by atoms with E-state index in [1.807, 2.05) is 36.6 Å². The fourth-order valence-electron chi connectivity index (χ4n) is 2.58. The highest BCUT2D eigenvalue weighted by atomic mass is 32.1. The highest BCUT2D eigenvalue weighted by molar-refractivity contribution is 7.09. The van der Waals surface area contributed by atoms with Gasteiger partial charge in [0, 0.05) is 23.6 Å². The van der Waals surface area contributed by atoms with Gasteiger partial charge in [0.1, 0.15) is 18.1 Å². The number of benzene rings is 2. The van der Waals surface area contributed by atoms with Crippen molar-refractivity contribution in [3.8, 4) is 11.5 Å². The number of halogens is 2. The Hall–Kier alpha value is -3.26. The van der Waals surface area contributed by atoms with Crippen LogP contribution in [-0.4, -0.2) is 17.5 Å². The largest absolute Gasteiger partial charge is 0.487 e. The quantitative estimate of drug-likeness (QED) is 0.488. The molecule has 0 aliphatic heterocycles. The number of para-hydroxylation sites is 1. The zero-order valence-electron chi connectivity index (χ0n) is 16.2. The fraction of sp³-hybridized carbons (Fsp3) is 0.182. The molecular formula is C22H20F2N2O3S. The molecule has 3 rings (SSSR count). The number of alkyl halides is 2. The first kappa shape index (κ1) is 21.4. The molecule has 1 heterocycles. The average molecular weight is 430 g/mol. The van der Waals surface area contributed by atoms with Crippen LogP contribution in [0, 0.1) is 6.92 Å². The van der Waals surface area contributed by atoms with Crippen LogP contribution < -0.4 is 14.8 Å². The van der Waals surface area contributed by atoms with Crippen molar-refractivity contribution in [2.75, 3.05) is 0 Å². The maximum absolute atomic E-state index is 12.2. The minimum atomic E-state index is -2.86. The van der Waals surface area contributed by atoms with Crippen LogP contribution in [0.3, 0.4) is 0 Å². The first-order valence-corrected chi connectivity index (χ1v) is 10.00. The lowest BCUT2D eigenvalue weighted by Crippen LogP contribution is -2.20. The van der Waals surface area contributed by atoms with Gasteiger partial charge in [0.25, 0.3) is 0 Å². The number of carbonyl (C=O) groups is 1. The van der Waals surface area contributed by atoms with Crippen molar-refractivity contribution in [3.05, 3.63) is 81.8 Å². The summed E-state index contributed by atoms with van der Waals surface area (Å²) in [6, 6.07) is 13.5. The molecule has 0 saturated carbocycles. The smallest absolute Gasteiger partial charge is 0.387 e. The number of carbonyl (C=O) groups excluding carboxylic acids is 1. The van der Waals surface area contributed by atoms with Crippen molar-refractivity contribution in [2.45, 2.75) is 26.7 Å². The van der Waals surface area contributed by atoms with Crippen molar-refractivity contribution < 1.29 is 23.0 Å². The van der Waals surface area contributed by atoms with Crippen molar-refractivity contribution in [3.63, 3.8) is 0 Å². The van der Waals surface area contributed by atoms with Crippen LogP contribution in [0.2, 0.25) is 0 Å². The third-order valence-electron chi connectivity index (χ3n) is 3.99. The number of nitrogens with zero attached hydrogens (tertiary/aromatic N) is 1. The van der Waals surface area contributed by atoms with Gasteiger partial charge in [-0.05, 0) is 36.8 Å². The predicted molar refractivity (Wildman–Crippen MR) is 112 cm³/mol. The van der Waals surface area contributed by atoms with E-state index in [0.29, 0.717) is 12.4 Å². The van der Waals surface area contributed by atoms with Crippen LogP contribution in [0.5, 0.6) is 11.5 Å². The van der Waals surface area contributed by atoms with Crippen LogP contribution in [0.25, 0.3) is 6.08 Å². The Labute approximate surface area is 177 Å². The molecule has 30 heavy (non-hydrogen) atoms. The van der Waals surface area contributed by atoms with Gasteiger partial charge in [-0.15, -0.1) is 11.3 Å². The molecule has 0 saturated heterocycles. The monoisotopic (exact) mass is 430 g/mol. The van der Waals surface area contributed by atoms with Gasteiger partial charge in [-0.25, -0.2) is 4.98 Å². The molecule has 5 nitrogen and oxygen atoms in total. The maximum atomic E-state index is 12.2. The van der Waals surface area contributed by atoms with Gasteiger partial charge < -0.3 is 14.8 Å². The van der Waals surface area contributed by atoms with E-state index in [0.717, 1.165) is 21.8 Å². The Kier molecular flexibility index (Phi) is 7.51. The number of rotatable bonds is 9. The zero-order chi connectivity index (χ0) is 21.3. The predicted octanol–water partition coefficient (Wildman–Crippen LogP) is 4.96. The second-order valence-corrected chi connectivity index (χ2v) is 7.32. The van der Waals surface area contributed by atoms with E-state index in [4.69, 9.17) is 4.74 Å². The second-order valence-electron chi connectivity index (χ2n) is 6.26. The number of aromatic nitrogens is 1. The Morgan fingerprint density at radius 1 is 1.20 bits per heavy atom. The summed E-state index contributed by atoms with van der Waals surface area (Å²) in [6.07, 6.45) is 3.10. The molecular weight excluding hydrogens is 410 g/mol. The number of thiazole rings is 1. The fourth-order valence-corrected chi connectivity index (χ4v) is 3.18. The minimum absolute atomic E-state index is 0.0735. The highest BCUT2D eigenvalue weighted by Gasteiger charge is 2.05. The van der Waals surface area contributed by atoms with Gasteiger partial charge in [0.15, 0.2) is 0 Å². The molecule has 2 aromatic carbocycles. The Bertz CT molecular complexity index is 1000. The summed E-state index contributed by atoms with van der Waals surface area (Å²) in [4.78, 5) is 16.5. The summed E-state index contributed by atoms with van der Waals surface area (Å²) in [5.41, 5.74) is 2.40. The molecule has 0 bridgehead atoms. The summed E-state index contributed by atoms with van der Waals surface area (Å²) < 4.78 is 34.5. The molecule has 156 valence electrons. The van der Waals surface area contributed by atoms with Crippen molar-refractivity contribution in [2.24, 2.45) is 0 Å². The molecule has 0 spiro atoms. The average Bonchev–Trinajstić information content (AvgIpc) is 3.15. The molecule has 0 atom stereocenters. The molecule has 0 radical (unpaired) electrons. The third-order valence-corrected chi connectivity index (χ3v) is 4.81. The second kappa shape index (κ2) is 10.5. The molecule has 0 aliphatic rings. The lowest BCUT2D eigenvalue weighted by atomic mass is 10.2. The van der Waals surface area contributed by atoms with Crippen molar-refractivity contribution in [1.82, 2.24) is 10.3 Å². The molecule has 0 fully saturated rings. The maximum Gasteiger partial charge on any atom is 0.387 e. The number of aryl methyl sites for hydroxylation is 1. The molecule has 1 aromatic heterocycles. The van der Waals surface area contributed by atoms with E-state index >= 15 is 0 Å². The van der Waals surface area contributed by atoms with E-state index in [9.17, 15) is 13.6 Å².